The minimum Gasteiger partial charge on any atom is -0.494 e. The molecule has 0 aliphatic rings. The Bertz CT molecular complexity index is 1320. The number of carbonyl (C=O) groups is 2. The molecule has 0 amide bonds. The lowest BCUT2D eigenvalue weighted by molar-refractivity contribution is -0.206. The first kappa shape index (κ1) is 34.6. The lowest BCUT2D eigenvalue weighted by atomic mass is 10.0. The fourth-order valence-electron chi connectivity index (χ4n) is 4.33. The number of halogens is 4. The maximum absolute atomic E-state index is 14.7. The first-order chi connectivity index (χ1) is 21.1. The molecule has 6 nitrogen and oxygen atoms in total. The molecule has 0 saturated carbocycles. The van der Waals surface area contributed by atoms with E-state index >= 15 is 0 Å². The summed E-state index contributed by atoms with van der Waals surface area (Å²) in [4.78, 5) is 25.0. The third kappa shape index (κ3) is 11.0. The third-order valence-corrected chi connectivity index (χ3v) is 6.77. The number of unbranched alkanes of at least 4 members (excludes halogenated alkanes) is 4. The molecule has 238 valence electrons. The summed E-state index contributed by atoms with van der Waals surface area (Å²) < 4.78 is 75.2. The van der Waals surface area contributed by atoms with Gasteiger partial charge in [0.25, 0.3) is 0 Å². The van der Waals surface area contributed by atoms with Crippen molar-refractivity contribution in [3.63, 3.8) is 0 Å². The van der Waals surface area contributed by atoms with Gasteiger partial charge in [-0.25, -0.2) is 14.0 Å². The van der Waals surface area contributed by atoms with Gasteiger partial charge in [-0.3, -0.25) is 0 Å². The maximum Gasteiger partial charge on any atom is 0.425 e. The second kappa shape index (κ2) is 17.4. The minimum absolute atomic E-state index is 0.00416. The first-order valence-corrected chi connectivity index (χ1v) is 14.8. The van der Waals surface area contributed by atoms with E-state index in [1.807, 2.05) is 24.3 Å². The summed E-state index contributed by atoms with van der Waals surface area (Å²) >= 11 is 0. The predicted molar refractivity (Wildman–Crippen MR) is 158 cm³/mol. The second-order valence-electron chi connectivity index (χ2n) is 10.2. The molecule has 3 aromatic rings. The van der Waals surface area contributed by atoms with E-state index in [4.69, 9.17) is 14.2 Å². The topological polar surface area (TPSA) is 71.1 Å². The minimum atomic E-state index is -4.82. The Kier molecular flexibility index (Phi) is 13.7. The van der Waals surface area contributed by atoms with Gasteiger partial charge in [0.15, 0.2) is 6.10 Å². The normalized spacial score (nSPS) is 12.0. The molecule has 44 heavy (non-hydrogen) atoms. The molecule has 3 rings (SSSR count). The lowest BCUT2D eigenvalue weighted by Gasteiger charge is -2.21. The highest BCUT2D eigenvalue weighted by Gasteiger charge is 2.42. The van der Waals surface area contributed by atoms with Crippen LogP contribution >= 0.6 is 0 Å². The number of esters is 2. The predicted octanol–water partition coefficient (Wildman–Crippen LogP) is 8.97. The van der Waals surface area contributed by atoms with Crippen molar-refractivity contribution in [2.45, 2.75) is 71.1 Å². The van der Waals surface area contributed by atoms with Crippen molar-refractivity contribution >= 4 is 11.9 Å². The van der Waals surface area contributed by atoms with Crippen LogP contribution in [0, 0.1) is 5.82 Å². The molecule has 1 unspecified atom stereocenters. The lowest BCUT2D eigenvalue weighted by Crippen LogP contribution is -2.34. The summed E-state index contributed by atoms with van der Waals surface area (Å²) in [5.41, 5.74) is 1.26. The van der Waals surface area contributed by atoms with E-state index in [0.29, 0.717) is 13.2 Å². The maximum atomic E-state index is 14.7. The number of ether oxygens (including phenoxy) is 4. The Labute approximate surface area is 255 Å². The molecule has 0 radical (unpaired) electrons. The van der Waals surface area contributed by atoms with Gasteiger partial charge in [0.05, 0.1) is 17.7 Å². The van der Waals surface area contributed by atoms with Crippen molar-refractivity contribution in [3.8, 4) is 22.6 Å². The van der Waals surface area contributed by atoms with Gasteiger partial charge in [-0.1, -0.05) is 56.9 Å². The molecule has 10 heteroatoms. The summed E-state index contributed by atoms with van der Waals surface area (Å²) in [5, 5.41) is 0. The zero-order valence-electron chi connectivity index (χ0n) is 25.0. The number of hydrogen-bond acceptors (Lipinski definition) is 6. The van der Waals surface area contributed by atoms with Gasteiger partial charge in [0.2, 0.25) is 0 Å². The largest absolute Gasteiger partial charge is 0.494 e. The summed E-state index contributed by atoms with van der Waals surface area (Å²) in [6.45, 7) is 4.97. The summed E-state index contributed by atoms with van der Waals surface area (Å²) in [6.07, 6.45) is -1.93. The van der Waals surface area contributed by atoms with E-state index < -0.39 is 42.0 Å². The van der Waals surface area contributed by atoms with Gasteiger partial charge in [-0.2, -0.15) is 13.2 Å². The van der Waals surface area contributed by atoms with Crippen LogP contribution in [0.25, 0.3) is 11.1 Å². The van der Waals surface area contributed by atoms with Crippen LogP contribution in [0.1, 0.15) is 79.5 Å². The quantitative estimate of drug-likeness (QED) is 0.0651. The molecule has 0 fully saturated rings. The van der Waals surface area contributed by atoms with E-state index in [0.717, 1.165) is 47.9 Å². The summed E-state index contributed by atoms with van der Waals surface area (Å²) in [5.74, 6) is -2.88. The fourth-order valence-corrected chi connectivity index (χ4v) is 4.33. The SMILES string of the molecule is CCCCCCCOc1ccc(-c2ccc(C(=O)Oc3ccc(C(=O)OC(CCCOCC)C(F)(F)F)c(F)c3)cc2)cc1. The number of alkyl halides is 3. The molecular weight excluding hydrogens is 580 g/mol. The van der Waals surface area contributed by atoms with Crippen LogP contribution in [0.2, 0.25) is 0 Å². The molecule has 0 spiro atoms. The van der Waals surface area contributed by atoms with Crippen LogP contribution in [-0.4, -0.2) is 44.0 Å². The Morgan fingerprint density at radius 3 is 2.00 bits per heavy atom. The smallest absolute Gasteiger partial charge is 0.425 e. The highest BCUT2D eigenvalue weighted by atomic mass is 19.4. The van der Waals surface area contributed by atoms with Crippen molar-refractivity contribution in [1.29, 1.82) is 0 Å². The molecule has 0 bridgehead atoms. The van der Waals surface area contributed by atoms with E-state index in [-0.39, 0.29) is 24.3 Å². The van der Waals surface area contributed by atoms with Crippen molar-refractivity contribution in [3.05, 3.63) is 83.7 Å². The molecule has 0 saturated heterocycles. The monoisotopic (exact) mass is 618 g/mol. The Morgan fingerprint density at radius 1 is 0.750 bits per heavy atom. The van der Waals surface area contributed by atoms with Crippen LogP contribution in [0.15, 0.2) is 66.7 Å². The zero-order chi connectivity index (χ0) is 32.0. The highest BCUT2D eigenvalue weighted by Crippen LogP contribution is 2.29. The van der Waals surface area contributed by atoms with Crippen molar-refractivity contribution in [2.75, 3.05) is 19.8 Å². The van der Waals surface area contributed by atoms with E-state index in [2.05, 4.69) is 11.7 Å². The molecule has 0 N–H and O–H groups in total. The highest BCUT2D eigenvalue weighted by molar-refractivity contribution is 5.92. The molecule has 0 aromatic heterocycles. The van der Waals surface area contributed by atoms with Gasteiger partial charge in [0.1, 0.15) is 17.3 Å². The van der Waals surface area contributed by atoms with Gasteiger partial charge >= 0.3 is 18.1 Å². The van der Waals surface area contributed by atoms with Gasteiger partial charge in [0, 0.05) is 19.3 Å². The molecule has 0 aliphatic carbocycles. The van der Waals surface area contributed by atoms with Crippen LogP contribution in [0.3, 0.4) is 0 Å². The summed E-state index contributed by atoms with van der Waals surface area (Å²) in [6, 6.07) is 17.0. The first-order valence-electron chi connectivity index (χ1n) is 14.8. The van der Waals surface area contributed by atoms with Gasteiger partial charge < -0.3 is 18.9 Å². The third-order valence-electron chi connectivity index (χ3n) is 6.77. The Balaban J connectivity index is 1.55. The Hall–Kier alpha value is -3.92. The molecule has 0 aliphatic heterocycles. The zero-order valence-corrected chi connectivity index (χ0v) is 25.0. The number of benzene rings is 3. The van der Waals surface area contributed by atoms with Crippen molar-refractivity contribution < 1.29 is 46.1 Å². The van der Waals surface area contributed by atoms with Crippen molar-refractivity contribution in [2.24, 2.45) is 0 Å². The molecular formula is C34H38F4O6. The number of hydrogen-bond donors (Lipinski definition) is 0. The number of rotatable bonds is 17. The van der Waals surface area contributed by atoms with Gasteiger partial charge in [-0.15, -0.1) is 0 Å². The van der Waals surface area contributed by atoms with Gasteiger partial charge in [-0.05, 0) is 73.7 Å². The fraction of sp³-hybridized carbons (Fsp3) is 0.412. The summed E-state index contributed by atoms with van der Waals surface area (Å²) in [7, 11) is 0. The molecule has 3 aromatic carbocycles. The Morgan fingerprint density at radius 2 is 1.39 bits per heavy atom. The average molecular weight is 619 g/mol. The van der Waals surface area contributed by atoms with Crippen LogP contribution in [0.4, 0.5) is 17.6 Å². The van der Waals surface area contributed by atoms with E-state index in [1.165, 1.54) is 19.3 Å². The van der Waals surface area contributed by atoms with Crippen LogP contribution in [-0.2, 0) is 9.47 Å². The average Bonchev–Trinajstić information content (AvgIpc) is 3.00. The van der Waals surface area contributed by atoms with E-state index in [9.17, 15) is 27.2 Å². The van der Waals surface area contributed by atoms with E-state index in [1.54, 1.807) is 31.2 Å². The standard InChI is InChI=1S/C34H38F4O6/c1-3-5-6-7-8-22-42-27-17-15-25(16-18-27)24-11-13-26(14-12-24)32(39)43-28-19-20-29(30(35)23-28)33(40)44-31(34(36,37)38)10-9-21-41-4-2/h11-20,23,31H,3-10,21-22H2,1-2H3. The van der Waals surface area contributed by atoms with Crippen molar-refractivity contribution in [1.82, 2.24) is 0 Å². The molecule has 1 atom stereocenters. The molecule has 0 heterocycles. The number of carbonyl (C=O) groups excluding carboxylic acids is 2. The van der Waals surface area contributed by atoms with Crippen LogP contribution < -0.4 is 9.47 Å². The van der Waals surface area contributed by atoms with Crippen LogP contribution in [0.5, 0.6) is 11.5 Å². The second-order valence-corrected chi connectivity index (χ2v) is 10.2.